The fourth-order valence-corrected chi connectivity index (χ4v) is 3.40. The number of piperidine rings is 1. The van der Waals surface area contributed by atoms with Gasteiger partial charge in [0.05, 0.1) is 12.2 Å². The highest BCUT2D eigenvalue weighted by atomic mass is 16.5. The van der Waals surface area contributed by atoms with Gasteiger partial charge in [-0.2, -0.15) is 0 Å². The molecule has 1 aromatic rings. The van der Waals surface area contributed by atoms with Gasteiger partial charge in [-0.25, -0.2) is 4.79 Å². The Morgan fingerprint density at radius 1 is 1.17 bits per heavy atom. The molecule has 23 heavy (non-hydrogen) atoms. The average molecular weight is 317 g/mol. The molecule has 1 fully saturated rings. The molecule has 1 saturated heterocycles. The van der Waals surface area contributed by atoms with Gasteiger partial charge < -0.3 is 9.64 Å². The van der Waals surface area contributed by atoms with Gasteiger partial charge in [0.2, 0.25) is 0 Å². The summed E-state index contributed by atoms with van der Waals surface area (Å²) < 4.78 is 5.39. The maximum Gasteiger partial charge on any atom is 0.338 e. The van der Waals surface area contributed by atoms with Crippen LogP contribution in [0.1, 0.15) is 68.6 Å². The Bertz CT molecular complexity index is 446. The van der Waals surface area contributed by atoms with Crippen LogP contribution in [0.4, 0.5) is 0 Å². The van der Waals surface area contributed by atoms with Crippen molar-refractivity contribution in [2.75, 3.05) is 19.7 Å². The van der Waals surface area contributed by atoms with Gasteiger partial charge in [-0.15, -0.1) is 0 Å². The molecule has 0 spiro atoms. The number of hydrogen-bond donors (Lipinski definition) is 0. The van der Waals surface area contributed by atoms with E-state index in [0.29, 0.717) is 12.2 Å². The summed E-state index contributed by atoms with van der Waals surface area (Å²) in [5.41, 5.74) is 0.642. The van der Waals surface area contributed by atoms with E-state index in [1.165, 1.54) is 51.5 Å². The van der Waals surface area contributed by atoms with Crippen LogP contribution in [0.3, 0.4) is 0 Å². The van der Waals surface area contributed by atoms with E-state index < -0.39 is 0 Å². The average Bonchev–Trinajstić information content (AvgIpc) is 2.60. The van der Waals surface area contributed by atoms with Crippen molar-refractivity contribution in [2.45, 2.75) is 64.3 Å². The number of unbranched alkanes of at least 4 members (excludes halogenated alkanes) is 2. The van der Waals surface area contributed by atoms with Gasteiger partial charge in [0.1, 0.15) is 0 Å². The Kier molecular flexibility index (Phi) is 8.16. The van der Waals surface area contributed by atoms with Gasteiger partial charge in [-0.1, -0.05) is 50.8 Å². The van der Waals surface area contributed by atoms with Crippen LogP contribution in [-0.2, 0) is 4.74 Å². The molecular formula is C20H31NO2. The lowest BCUT2D eigenvalue weighted by molar-refractivity contribution is 0.0470. The van der Waals surface area contributed by atoms with Gasteiger partial charge in [0.25, 0.3) is 0 Å². The minimum Gasteiger partial charge on any atom is -0.462 e. The third kappa shape index (κ3) is 6.34. The van der Waals surface area contributed by atoms with Gasteiger partial charge in [-0.05, 0) is 44.4 Å². The summed E-state index contributed by atoms with van der Waals surface area (Å²) in [6.45, 7) is 5.05. The molecular weight excluding hydrogens is 286 g/mol. The summed E-state index contributed by atoms with van der Waals surface area (Å²) in [6, 6.07) is 10.00. The molecule has 0 N–H and O–H groups in total. The first-order valence-electron chi connectivity index (χ1n) is 9.27. The van der Waals surface area contributed by atoms with Crippen LogP contribution >= 0.6 is 0 Å². The van der Waals surface area contributed by atoms with Crippen LogP contribution in [0.5, 0.6) is 0 Å². The minimum atomic E-state index is -0.205. The molecule has 1 heterocycles. The molecule has 3 nitrogen and oxygen atoms in total. The zero-order valence-corrected chi connectivity index (χ0v) is 14.5. The highest BCUT2D eigenvalue weighted by Gasteiger charge is 2.21. The topological polar surface area (TPSA) is 29.5 Å². The number of hydrogen-bond acceptors (Lipinski definition) is 3. The molecule has 1 aliphatic heterocycles. The molecule has 0 aliphatic carbocycles. The smallest absolute Gasteiger partial charge is 0.338 e. The third-order valence-electron chi connectivity index (χ3n) is 4.72. The fraction of sp³-hybridized carbons (Fsp3) is 0.650. The first kappa shape index (κ1) is 18.0. The van der Waals surface area contributed by atoms with Crippen LogP contribution in [0.2, 0.25) is 0 Å². The summed E-state index contributed by atoms with van der Waals surface area (Å²) >= 11 is 0. The van der Waals surface area contributed by atoms with Crippen molar-refractivity contribution in [3.63, 3.8) is 0 Å². The molecule has 0 aromatic heterocycles. The molecule has 1 aromatic carbocycles. The number of likely N-dealkylation sites (tertiary alicyclic amines) is 1. The summed E-state index contributed by atoms with van der Waals surface area (Å²) in [4.78, 5) is 14.5. The maximum absolute atomic E-state index is 11.9. The highest BCUT2D eigenvalue weighted by Crippen LogP contribution is 2.22. The molecule has 3 heteroatoms. The lowest BCUT2D eigenvalue weighted by Gasteiger charge is -2.35. The first-order chi connectivity index (χ1) is 11.3. The molecule has 1 atom stereocenters. The molecule has 0 amide bonds. The number of rotatable bonds is 9. The van der Waals surface area contributed by atoms with Crippen molar-refractivity contribution in [3.05, 3.63) is 35.9 Å². The lowest BCUT2D eigenvalue weighted by Crippen LogP contribution is -2.40. The Morgan fingerprint density at radius 3 is 2.78 bits per heavy atom. The standard InChI is InChI=1S/C20H31NO2/c1-2-3-5-13-19-14-8-9-15-21(19)16-10-17-23-20(22)18-11-6-4-7-12-18/h4,6-7,11-12,19H,2-3,5,8-10,13-17H2,1H3/t19-/m1/s1. The number of ether oxygens (including phenoxy) is 1. The van der Waals surface area contributed by atoms with Crippen molar-refractivity contribution in [2.24, 2.45) is 0 Å². The monoisotopic (exact) mass is 317 g/mol. The molecule has 0 bridgehead atoms. The summed E-state index contributed by atoms with van der Waals surface area (Å²) in [7, 11) is 0. The van der Waals surface area contributed by atoms with Gasteiger partial charge >= 0.3 is 5.97 Å². The van der Waals surface area contributed by atoms with Crippen molar-refractivity contribution in [1.82, 2.24) is 4.90 Å². The number of benzene rings is 1. The molecule has 0 radical (unpaired) electrons. The van der Waals surface area contributed by atoms with Crippen LogP contribution in [0.25, 0.3) is 0 Å². The van der Waals surface area contributed by atoms with E-state index in [-0.39, 0.29) is 5.97 Å². The van der Waals surface area contributed by atoms with E-state index >= 15 is 0 Å². The second-order valence-corrected chi connectivity index (χ2v) is 6.54. The lowest BCUT2D eigenvalue weighted by atomic mass is 9.96. The molecule has 1 aliphatic rings. The van der Waals surface area contributed by atoms with Gasteiger partial charge in [-0.3, -0.25) is 0 Å². The summed E-state index contributed by atoms with van der Waals surface area (Å²) in [6.07, 6.45) is 10.3. The van der Waals surface area contributed by atoms with E-state index in [9.17, 15) is 4.79 Å². The van der Waals surface area contributed by atoms with E-state index in [4.69, 9.17) is 4.74 Å². The van der Waals surface area contributed by atoms with Gasteiger partial charge in [0.15, 0.2) is 0 Å². The number of carbonyl (C=O) groups is 1. The molecule has 128 valence electrons. The van der Waals surface area contributed by atoms with Crippen molar-refractivity contribution < 1.29 is 9.53 Å². The third-order valence-corrected chi connectivity index (χ3v) is 4.72. The normalized spacial score (nSPS) is 18.7. The second-order valence-electron chi connectivity index (χ2n) is 6.54. The fourth-order valence-electron chi connectivity index (χ4n) is 3.40. The largest absolute Gasteiger partial charge is 0.462 e. The Balaban J connectivity index is 1.66. The number of carbonyl (C=O) groups excluding carboxylic acids is 1. The SMILES string of the molecule is CCCCC[C@@H]1CCCCN1CCCOC(=O)c1ccccc1. The Hall–Kier alpha value is -1.35. The van der Waals surface area contributed by atoms with Crippen molar-refractivity contribution in [3.8, 4) is 0 Å². The predicted octanol–water partition coefficient (Wildman–Crippen LogP) is 4.67. The van der Waals surface area contributed by atoms with E-state index in [1.807, 2.05) is 18.2 Å². The zero-order chi connectivity index (χ0) is 16.3. The van der Waals surface area contributed by atoms with E-state index in [0.717, 1.165) is 19.0 Å². The molecule has 2 rings (SSSR count). The van der Waals surface area contributed by atoms with Crippen LogP contribution in [0, 0.1) is 0 Å². The zero-order valence-electron chi connectivity index (χ0n) is 14.5. The second kappa shape index (κ2) is 10.4. The van der Waals surface area contributed by atoms with E-state index in [2.05, 4.69) is 11.8 Å². The van der Waals surface area contributed by atoms with Crippen molar-refractivity contribution >= 4 is 5.97 Å². The van der Waals surface area contributed by atoms with Crippen LogP contribution < -0.4 is 0 Å². The maximum atomic E-state index is 11.9. The molecule has 0 saturated carbocycles. The highest BCUT2D eigenvalue weighted by molar-refractivity contribution is 5.89. The number of nitrogens with zero attached hydrogens (tertiary/aromatic N) is 1. The minimum absolute atomic E-state index is 0.205. The first-order valence-corrected chi connectivity index (χ1v) is 9.27. The quantitative estimate of drug-likeness (QED) is 0.490. The van der Waals surface area contributed by atoms with Gasteiger partial charge in [0, 0.05) is 12.6 Å². The number of esters is 1. The summed E-state index contributed by atoms with van der Waals surface area (Å²) in [5.74, 6) is -0.205. The van der Waals surface area contributed by atoms with E-state index in [1.54, 1.807) is 12.1 Å². The Labute approximate surface area is 141 Å². The van der Waals surface area contributed by atoms with Crippen LogP contribution in [0.15, 0.2) is 30.3 Å². The molecule has 0 unspecified atom stereocenters. The predicted molar refractivity (Wildman–Crippen MR) is 94.7 cm³/mol. The summed E-state index contributed by atoms with van der Waals surface area (Å²) in [5, 5.41) is 0. The van der Waals surface area contributed by atoms with Crippen molar-refractivity contribution in [1.29, 1.82) is 0 Å². The van der Waals surface area contributed by atoms with Crippen LogP contribution in [-0.4, -0.2) is 36.6 Å². The Morgan fingerprint density at radius 2 is 2.00 bits per heavy atom.